The molecule has 0 saturated carbocycles. The second-order valence-corrected chi connectivity index (χ2v) is 6.45. The molecule has 5 heteroatoms. The van der Waals surface area contributed by atoms with Crippen LogP contribution in [-0.4, -0.2) is 10.1 Å². The number of halogens is 1. The van der Waals surface area contributed by atoms with E-state index in [1.807, 2.05) is 0 Å². The second-order valence-electron chi connectivity index (χ2n) is 3.72. The summed E-state index contributed by atoms with van der Waals surface area (Å²) in [7, 11) is 0. The Kier molecular flexibility index (Phi) is 4.09. The van der Waals surface area contributed by atoms with Crippen molar-refractivity contribution in [3.63, 3.8) is 0 Å². The molecule has 1 aromatic carbocycles. The summed E-state index contributed by atoms with van der Waals surface area (Å²) in [6, 6.07) is 6.32. The Hall–Kier alpha value is -0.550. The quantitative estimate of drug-likeness (QED) is 0.923. The average Bonchev–Trinajstić information content (AvgIpc) is 2.64. The molecule has 0 aliphatic carbocycles. The molecule has 0 unspecified atom stereocenters. The molecule has 1 N–H and O–H groups in total. The van der Waals surface area contributed by atoms with Crippen LogP contribution in [0.1, 0.15) is 16.0 Å². The van der Waals surface area contributed by atoms with Crippen molar-refractivity contribution in [2.75, 3.05) is 0 Å². The largest absolute Gasteiger partial charge is 0.391 e. The fourth-order valence-corrected chi connectivity index (χ4v) is 3.80. The van der Waals surface area contributed by atoms with Gasteiger partial charge in [-0.2, -0.15) is 0 Å². The van der Waals surface area contributed by atoms with Crippen molar-refractivity contribution in [3.8, 4) is 0 Å². The first kappa shape index (κ1) is 12.9. The number of aliphatic hydroxyl groups is 1. The highest BCUT2D eigenvalue weighted by Crippen LogP contribution is 2.36. The molecule has 0 saturated heterocycles. The summed E-state index contributed by atoms with van der Waals surface area (Å²) in [5.74, 6) is 0. The number of hydrogen-bond acceptors (Lipinski definition) is 4. The summed E-state index contributed by atoms with van der Waals surface area (Å²) in [5, 5.41) is 9.48. The van der Waals surface area contributed by atoms with Crippen molar-refractivity contribution in [1.29, 1.82) is 0 Å². The third kappa shape index (κ3) is 3.01. The molecule has 0 radical (unpaired) electrons. The molecule has 1 heterocycles. The monoisotopic (exact) mass is 285 g/mol. The van der Waals surface area contributed by atoms with E-state index in [4.69, 9.17) is 16.7 Å². The van der Waals surface area contributed by atoms with Crippen molar-refractivity contribution in [1.82, 2.24) is 4.98 Å². The standard InChI is InChI=1S/C12H12ClNOS2/c1-7-3-4-8(2)9(5-7)16-12-14-11(13)10(6-15)17-12/h3-5,15H,6H2,1-2H3. The summed E-state index contributed by atoms with van der Waals surface area (Å²) in [6.45, 7) is 4.09. The van der Waals surface area contributed by atoms with E-state index in [0.29, 0.717) is 5.15 Å². The van der Waals surface area contributed by atoms with Crippen LogP contribution < -0.4 is 0 Å². The van der Waals surface area contributed by atoms with Gasteiger partial charge in [-0.25, -0.2) is 4.98 Å². The van der Waals surface area contributed by atoms with Crippen LogP contribution in [0.4, 0.5) is 0 Å². The third-order valence-corrected chi connectivity index (χ3v) is 5.00. The van der Waals surface area contributed by atoms with Crippen LogP contribution in [-0.2, 0) is 6.61 Å². The van der Waals surface area contributed by atoms with Crippen molar-refractivity contribution < 1.29 is 5.11 Å². The minimum absolute atomic E-state index is 0.0517. The zero-order valence-electron chi connectivity index (χ0n) is 9.53. The molecule has 0 bridgehead atoms. The maximum Gasteiger partial charge on any atom is 0.156 e. The number of nitrogens with zero attached hydrogens (tertiary/aromatic N) is 1. The minimum Gasteiger partial charge on any atom is -0.391 e. The van der Waals surface area contributed by atoms with Gasteiger partial charge in [0.1, 0.15) is 5.15 Å². The molecular weight excluding hydrogens is 274 g/mol. The van der Waals surface area contributed by atoms with Gasteiger partial charge in [-0.3, -0.25) is 0 Å². The highest BCUT2D eigenvalue weighted by Gasteiger charge is 2.10. The molecule has 0 aliphatic rings. The lowest BCUT2D eigenvalue weighted by Gasteiger charge is -2.03. The van der Waals surface area contributed by atoms with Gasteiger partial charge in [0.15, 0.2) is 4.34 Å². The molecule has 0 fully saturated rings. The second kappa shape index (κ2) is 5.40. The number of rotatable bonds is 3. The summed E-state index contributed by atoms with van der Waals surface area (Å²) >= 11 is 8.94. The van der Waals surface area contributed by atoms with Crippen LogP contribution in [0.15, 0.2) is 27.4 Å². The Morgan fingerprint density at radius 2 is 2.18 bits per heavy atom. The van der Waals surface area contributed by atoms with E-state index in [-0.39, 0.29) is 6.61 Å². The number of aliphatic hydroxyl groups excluding tert-OH is 1. The maximum atomic E-state index is 9.07. The molecule has 90 valence electrons. The predicted octanol–water partition coefficient (Wildman–Crippen LogP) is 4.06. The van der Waals surface area contributed by atoms with Crippen LogP contribution in [0.5, 0.6) is 0 Å². The van der Waals surface area contributed by atoms with E-state index >= 15 is 0 Å². The van der Waals surface area contributed by atoms with E-state index in [9.17, 15) is 0 Å². The Morgan fingerprint density at radius 3 is 2.82 bits per heavy atom. The SMILES string of the molecule is Cc1ccc(C)c(Sc2nc(Cl)c(CO)s2)c1. The maximum absolute atomic E-state index is 9.07. The van der Waals surface area contributed by atoms with Gasteiger partial charge in [-0.15, -0.1) is 11.3 Å². The first-order valence-electron chi connectivity index (χ1n) is 5.11. The predicted molar refractivity (Wildman–Crippen MR) is 73.1 cm³/mol. The number of benzene rings is 1. The van der Waals surface area contributed by atoms with Crippen LogP contribution >= 0.6 is 34.7 Å². The Balaban J connectivity index is 2.27. The number of hydrogen-bond donors (Lipinski definition) is 1. The lowest BCUT2D eigenvalue weighted by atomic mass is 10.2. The lowest BCUT2D eigenvalue weighted by Crippen LogP contribution is -1.81. The molecule has 2 nitrogen and oxygen atoms in total. The topological polar surface area (TPSA) is 33.1 Å². The van der Waals surface area contributed by atoms with Gasteiger partial charge < -0.3 is 5.11 Å². The molecule has 0 aliphatic heterocycles. The van der Waals surface area contributed by atoms with Gasteiger partial charge >= 0.3 is 0 Å². The van der Waals surface area contributed by atoms with Gasteiger partial charge in [0.2, 0.25) is 0 Å². The molecule has 0 atom stereocenters. The van der Waals surface area contributed by atoms with E-state index < -0.39 is 0 Å². The summed E-state index contributed by atoms with van der Waals surface area (Å²) in [4.78, 5) is 6.14. The molecule has 17 heavy (non-hydrogen) atoms. The van der Waals surface area contributed by atoms with Gasteiger partial charge in [-0.05, 0) is 31.0 Å². The average molecular weight is 286 g/mol. The van der Waals surface area contributed by atoms with Gasteiger partial charge in [0.05, 0.1) is 11.5 Å². The highest BCUT2D eigenvalue weighted by molar-refractivity contribution is 8.01. The zero-order valence-corrected chi connectivity index (χ0v) is 11.9. The highest BCUT2D eigenvalue weighted by atomic mass is 35.5. The summed E-state index contributed by atoms with van der Waals surface area (Å²) in [5.41, 5.74) is 2.45. The molecule has 2 aromatic rings. The van der Waals surface area contributed by atoms with E-state index in [1.54, 1.807) is 11.8 Å². The van der Waals surface area contributed by atoms with Crippen molar-refractivity contribution in [2.45, 2.75) is 29.7 Å². The number of aromatic nitrogens is 1. The number of thiazole rings is 1. The smallest absolute Gasteiger partial charge is 0.156 e. The van der Waals surface area contributed by atoms with E-state index in [2.05, 4.69) is 37.0 Å². The Bertz CT molecular complexity index is 539. The fourth-order valence-electron chi connectivity index (χ4n) is 1.37. The third-order valence-electron chi connectivity index (χ3n) is 2.31. The molecular formula is C12H12ClNOS2. The van der Waals surface area contributed by atoms with Crippen LogP contribution in [0, 0.1) is 13.8 Å². The van der Waals surface area contributed by atoms with Gasteiger partial charge in [0.25, 0.3) is 0 Å². The van der Waals surface area contributed by atoms with Crippen LogP contribution in [0.2, 0.25) is 5.15 Å². The number of aryl methyl sites for hydroxylation is 2. The molecule has 0 amide bonds. The van der Waals surface area contributed by atoms with Gasteiger partial charge in [-0.1, -0.05) is 35.5 Å². The van der Waals surface area contributed by atoms with E-state index in [1.165, 1.54) is 27.4 Å². The van der Waals surface area contributed by atoms with E-state index in [0.717, 1.165) is 9.22 Å². The summed E-state index contributed by atoms with van der Waals surface area (Å²) in [6.07, 6.45) is 0. The summed E-state index contributed by atoms with van der Waals surface area (Å²) < 4.78 is 0.868. The van der Waals surface area contributed by atoms with Crippen molar-refractivity contribution >= 4 is 34.7 Å². The normalized spacial score (nSPS) is 10.8. The first-order chi connectivity index (χ1) is 8.10. The Labute approximate surface area is 114 Å². The zero-order chi connectivity index (χ0) is 12.4. The van der Waals surface area contributed by atoms with Crippen molar-refractivity contribution in [3.05, 3.63) is 39.4 Å². The fraction of sp³-hybridized carbons (Fsp3) is 0.250. The van der Waals surface area contributed by atoms with Crippen molar-refractivity contribution in [2.24, 2.45) is 0 Å². The Morgan fingerprint density at radius 1 is 1.41 bits per heavy atom. The molecule has 1 aromatic heterocycles. The van der Waals surface area contributed by atoms with Crippen LogP contribution in [0.25, 0.3) is 0 Å². The van der Waals surface area contributed by atoms with Gasteiger partial charge in [0, 0.05) is 4.90 Å². The molecule has 2 rings (SSSR count). The lowest BCUT2D eigenvalue weighted by molar-refractivity contribution is 0.285. The minimum atomic E-state index is -0.0517. The van der Waals surface area contributed by atoms with Crippen LogP contribution in [0.3, 0.4) is 0 Å². The first-order valence-corrected chi connectivity index (χ1v) is 7.12. The molecule has 0 spiro atoms.